The number of aromatic carboxylic acids is 1. The number of carboxylic acid groups (broad SMARTS) is 1. The third-order valence-electron chi connectivity index (χ3n) is 2.01. The first-order chi connectivity index (χ1) is 7.20. The lowest BCUT2D eigenvalue weighted by atomic mass is 10.1. The van der Waals surface area contributed by atoms with Gasteiger partial charge in [-0.2, -0.15) is 5.10 Å². The molecule has 0 bridgehead atoms. The van der Waals surface area contributed by atoms with Crippen LogP contribution in [-0.4, -0.2) is 26.4 Å². The smallest absolute Gasteiger partial charge is 0.336 e. The summed E-state index contributed by atoms with van der Waals surface area (Å²) >= 11 is 1.21. The first-order valence-electron chi connectivity index (χ1n) is 4.17. The number of carboxylic acids is 1. The van der Waals surface area contributed by atoms with Crippen molar-refractivity contribution in [3.05, 3.63) is 39.8 Å². The minimum Gasteiger partial charge on any atom is -0.478 e. The largest absolute Gasteiger partial charge is 0.478 e. The Bertz CT molecular complexity index is 463. The molecule has 0 aliphatic rings. The van der Waals surface area contributed by atoms with Crippen molar-refractivity contribution < 1.29 is 15.0 Å². The van der Waals surface area contributed by atoms with Crippen LogP contribution in [0.2, 0.25) is 0 Å². The molecule has 0 saturated carbocycles. The van der Waals surface area contributed by atoms with Gasteiger partial charge in [-0.25, -0.2) is 4.79 Å². The second-order valence-electron chi connectivity index (χ2n) is 2.94. The lowest BCUT2D eigenvalue weighted by molar-refractivity contribution is 0.0692. The normalized spacial score (nSPS) is 12.6. The molecule has 0 aliphatic carbocycles. The van der Waals surface area contributed by atoms with Gasteiger partial charge in [0.1, 0.15) is 6.10 Å². The highest BCUT2D eigenvalue weighted by atomic mass is 32.1. The number of rotatable bonds is 3. The maximum atomic E-state index is 10.8. The van der Waals surface area contributed by atoms with E-state index in [1.54, 1.807) is 5.38 Å². The number of hydrogen-bond acceptors (Lipinski definition) is 4. The molecule has 0 aromatic carbocycles. The number of thiophene rings is 1. The van der Waals surface area contributed by atoms with Crippen LogP contribution in [0.15, 0.2) is 23.8 Å². The number of nitrogens with zero attached hydrogens (tertiary/aromatic N) is 1. The average Bonchev–Trinajstić information content (AvgIpc) is 2.88. The van der Waals surface area contributed by atoms with Crippen LogP contribution in [0.1, 0.15) is 26.9 Å². The molecule has 2 aromatic rings. The van der Waals surface area contributed by atoms with E-state index in [2.05, 4.69) is 10.2 Å². The number of aliphatic hydroxyl groups excluding tert-OH is 1. The highest BCUT2D eigenvalue weighted by Gasteiger charge is 2.20. The predicted octanol–water partition coefficient (Wildman–Crippen LogP) is 1.25. The Hall–Kier alpha value is -1.66. The second-order valence-corrected chi connectivity index (χ2v) is 3.89. The zero-order chi connectivity index (χ0) is 10.8. The van der Waals surface area contributed by atoms with Gasteiger partial charge >= 0.3 is 5.97 Å². The lowest BCUT2D eigenvalue weighted by Crippen LogP contribution is -2.03. The lowest BCUT2D eigenvalue weighted by Gasteiger charge is -2.06. The quantitative estimate of drug-likeness (QED) is 0.732. The van der Waals surface area contributed by atoms with Crippen molar-refractivity contribution in [1.82, 2.24) is 10.2 Å². The Morgan fingerprint density at radius 2 is 2.40 bits per heavy atom. The average molecular weight is 224 g/mol. The first-order valence-corrected chi connectivity index (χ1v) is 5.05. The van der Waals surface area contributed by atoms with E-state index in [0.29, 0.717) is 10.4 Å². The molecular weight excluding hydrogens is 216 g/mol. The molecule has 1 atom stereocenters. The van der Waals surface area contributed by atoms with Crippen molar-refractivity contribution in [3.63, 3.8) is 0 Å². The minimum atomic E-state index is -1.03. The topological polar surface area (TPSA) is 86.2 Å². The monoisotopic (exact) mass is 224 g/mol. The predicted molar refractivity (Wildman–Crippen MR) is 53.9 cm³/mol. The number of hydrogen-bond donors (Lipinski definition) is 3. The van der Waals surface area contributed by atoms with Crippen molar-refractivity contribution in [2.24, 2.45) is 0 Å². The Kier molecular flexibility index (Phi) is 2.53. The number of nitrogens with one attached hydrogen (secondary N) is 1. The molecule has 0 fully saturated rings. The van der Waals surface area contributed by atoms with E-state index in [4.69, 9.17) is 5.11 Å². The van der Waals surface area contributed by atoms with Crippen LogP contribution in [0.4, 0.5) is 0 Å². The Morgan fingerprint density at radius 3 is 3.00 bits per heavy atom. The molecule has 0 spiro atoms. The fourth-order valence-electron chi connectivity index (χ4n) is 1.27. The van der Waals surface area contributed by atoms with Crippen molar-refractivity contribution >= 4 is 17.3 Å². The summed E-state index contributed by atoms with van der Waals surface area (Å²) in [6, 6.07) is 1.48. The highest BCUT2D eigenvalue weighted by Crippen LogP contribution is 2.29. The van der Waals surface area contributed by atoms with Crippen molar-refractivity contribution in [3.8, 4) is 0 Å². The molecule has 0 saturated heterocycles. The summed E-state index contributed by atoms with van der Waals surface area (Å²) in [4.78, 5) is 11.2. The molecule has 6 heteroatoms. The molecule has 2 heterocycles. The van der Waals surface area contributed by atoms with Crippen LogP contribution in [0.5, 0.6) is 0 Å². The van der Waals surface area contributed by atoms with E-state index in [9.17, 15) is 9.90 Å². The van der Waals surface area contributed by atoms with Crippen LogP contribution >= 0.6 is 11.3 Å². The van der Waals surface area contributed by atoms with Gasteiger partial charge in [-0.05, 0) is 11.4 Å². The third-order valence-corrected chi connectivity index (χ3v) is 2.98. The fraction of sp³-hybridized carbons (Fsp3) is 0.111. The van der Waals surface area contributed by atoms with E-state index in [-0.39, 0.29) is 5.56 Å². The van der Waals surface area contributed by atoms with Crippen LogP contribution in [0.3, 0.4) is 0 Å². The zero-order valence-corrected chi connectivity index (χ0v) is 8.36. The van der Waals surface area contributed by atoms with Crippen LogP contribution in [0, 0.1) is 0 Å². The van der Waals surface area contributed by atoms with Crippen molar-refractivity contribution in [1.29, 1.82) is 0 Å². The summed E-state index contributed by atoms with van der Waals surface area (Å²) in [5.41, 5.74) is 0.689. The van der Waals surface area contributed by atoms with Gasteiger partial charge in [0.05, 0.1) is 16.6 Å². The van der Waals surface area contributed by atoms with E-state index >= 15 is 0 Å². The van der Waals surface area contributed by atoms with Gasteiger partial charge in [-0.15, -0.1) is 11.3 Å². The number of aromatic nitrogens is 2. The number of carbonyl (C=O) groups is 1. The van der Waals surface area contributed by atoms with Crippen molar-refractivity contribution in [2.75, 3.05) is 0 Å². The van der Waals surface area contributed by atoms with Gasteiger partial charge in [0, 0.05) is 11.8 Å². The van der Waals surface area contributed by atoms with E-state index in [0.717, 1.165) is 0 Å². The molecule has 5 nitrogen and oxygen atoms in total. The summed E-state index contributed by atoms with van der Waals surface area (Å²) in [5, 5.41) is 26.7. The standard InChI is InChI=1S/C9H8N2O3S/c12-7(5-3-10-11-4-5)8-6(9(13)14)1-2-15-8/h1-4,7,12H,(H,10,11)(H,13,14). The zero-order valence-electron chi connectivity index (χ0n) is 7.54. The van der Waals surface area contributed by atoms with E-state index in [1.165, 1.54) is 29.8 Å². The Labute approximate surface area is 89.0 Å². The molecule has 0 radical (unpaired) electrons. The van der Waals surface area contributed by atoms with Gasteiger partial charge in [-0.1, -0.05) is 0 Å². The van der Waals surface area contributed by atoms with Gasteiger partial charge in [0.25, 0.3) is 0 Å². The SMILES string of the molecule is O=C(O)c1ccsc1C(O)c1cn[nH]c1. The number of H-pyrrole nitrogens is 1. The van der Waals surface area contributed by atoms with Gasteiger partial charge in [0.2, 0.25) is 0 Å². The van der Waals surface area contributed by atoms with Gasteiger partial charge in [0.15, 0.2) is 0 Å². The summed E-state index contributed by atoms with van der Waals surface area (Å²) in [7, 11) is 0. The number of aromatic amines is 1. The van der Waals surface area contributed by atoms with Crippen LogP contribution < -0.4 is 0 Å². The maximum Gasteiger partial charge on any atom is 0.336 e. The summed E-state index contributed by atoms with van der Waals surface area (Å²) < 4.78 is 0. The molecule has 15 heavy (non-hydrogen) atoms. The molecule has 78 valence electrons. The molecular formula is C9H8N2O3S. The summed E-state index contributed by atoms with van der Waals surface area (Å²) in [6.45, 7) is 0. The summed E-state index contributed by atoms with van der Waals surface area (Å²) in [6.07, 6.45) is 2.07. The van der Waals surface area contributed by atoms with Crippen LogP contribution in [-0.2, 0) is 0 Å². The van der Waals surface area contributed by atoms with Crippen molar-refractivity contribution in [2.45, 2.75) is 6.10 Å². The molecule has 0 amide bonds. The Balaban J connectivity index is 2.37. The van der Waals surface area contributed by atoms with E-state index < -0.39 is 12.1 Å². The van der Waals surface area contributed by atoms with Gasteiger partial charge in [-0.3, -0.25) is 5.10 Å². The van der Waals surface area contributed by atoms with Crippen LogP contribution in [0.25, 0.3) is 0 Å². The first kappa shape index (κ1) is 9.88. The maximum absolute atomic E-state index is 10.8. The molecule has 2 rings (SSSR count). The summed E-state index contributed by atoms with van der Waals surface area (Å²) in [5.74, 6) is -1.03. The third kappa shape index (κ3) is 1.77. The Morgan fingerprint density at radius 1 is 1.60 bits per heavy atom. The molecule has 1 unspecified atom stereocenters. The van der Waals surface area contributed by atoms with Gasteiger partial charge < -0.3 is 10.2 Å². The molecule has 2 aromatic heterocycles. The highest BCUT2D eigenvalue weighted by molar-refractivity contribution is 7.10. The number of aliphatic hydroxyl groups is 1. The minimum absolute atomic E-state index is 0.133. The molecule has 0 aliphatic heterocycles. The fourth-order valence-corrected chi connectivity index (χ4v) is 2.17. The molecule has 3 N–H and O–H groups in total. The second kappa shape index (κ2) is 3.84. The van der Waals surface area contributed by atoms with E-state index in [1.807, 2.05) is 0 Å².